The molecule has 0 radical (unpaired) electrons. The molecule has 3 fully saturated rings. The van der Waals surface area contributed by atoms with Crippen molar-refractivity contribution >= 4 is 33.6 Å². The number of hydrogen-bond donors (Lipinski definition) is 0. The predicted octanol–water partition coefficient (Wildman–Crippen LogP) is 2.49. The zero-order valence-electron chi connectivity index (χ0n) is 17.6. The third-order valence-electron chi connectivity index (χ3n) is 6.32. The van der Waals surface area contributed by atoms with Crippen LogP contribution < -0.4 is 0 Å². The van der Waals surface area contributed by atoms with Gasteiger partial charge in [0.1, 0.15) is 4.90 Å². The van der Waals surface area contributed by atoms with Gasteiger partial charge in [-0.15, -0.1) is 0 Å². The molecule has 170 valence electrons. The third-order valence-corrected chi connectivity index (χ3v) is 8.71. The first-order valence-corrected chi connectivity index (χ1v) is 12.8. The van der Waals surface area contributed by atoms with Crippen LogP contribution in [-0.4, -0.2) is 91.7 Å². The largest absolute Gasteiger partial charge is 0.335 e. The second kappa shape index (κ2) is 9.34. The molecule has 4 rings (SSSR count). The third kappa shape index (κ3) is 4.68. The van der Waals surface area contributed by atoms with Gasteiger partial charge in [-0.25, -0.2) is 13.2 Å². The highest BCUT2D eigenvalue weighted by Gasteiger charge is 2.32. The fraction of sp³-hybridized carbons (Fsp3) is 0.619. The highest BCUT2D eigenvalue weighted by molar-refractivity contribution is 7.89. The van der Waals surface area contributed by atoms with Crippen molar-refractivity contribution in [1.82, 2.24) is 19.0 Å². The molecule has 0 atom stereocenters. The monoisotopic (exact) mass is 468 g/mol. The Morgan fingerprint density at radius 3 is 1.94 bits per heavy atom. The highest BCUT2D eigenvalue weighted by atomic mass is 35.5. The molecule has 3 saturated heterocycles. The van der Waals surface area contributed by atoms with E-state index in [0.29, 0.717) is 44.8 Å². The van der Waals surface area contributed by atoms with Crippen molar-refractivity contribution in [3.8, 4) is 0 Å². The van der Waals surface area contributed by atoms with Crippen LogP contribution in [0.2, 0.25) is 5.02 Å². The lowest BCUT2D eigenvalue weighted by molar-refractivity contribution is 0.0632. The fourth-order valence-corrected chi connectivity index (χ4v) is 6.49. The van der Waals surface area contributed by atoms with Crippen LogP contribution >= 0.6 is 11.6 Å². The second-order valence-electron chi connectivity index (χ2n) is 8.37. The Hall–Kier alpha value is -1.84. The molecule has 31 heavy (non-hydrogen) atoms. The van der Waals surface area contributed by atoms with Gasteiger partial charge >= 0.3 is 6.03 Å². The number of piperidine rings is 1. The normalized spacial score (nSPS) is 20.9. The van der Waals surface area contributed by atoms with Crippen molar-refractivity contribution in [1.29, 1.82) is 0 Å². The molecule has 0 aromatic heterocycles. The number of hydrogen-bond acceptors (Lipinski definition) is 4. The number of piperazine rings is 1. The minimum Gasteiger partial charge on any atom is -0.335 e. The number of likely N-dealkylation sites (tertiary alicyclic amines) is 1. The summed E-state index contributed by atoms with van der Waals surface area (Å²) in [5.41, 5.74) is 0.304. The molecule has 0 N–H and O–H groups in total. The van der Waals surface area contributed by atoms with Gasteiger partial charge in [-0.2, -0.15) is 4.31 Å². The van der Waals surface area contributed by atoms with E-state index in [0.717, 1.165) is 38.8 Å². The van der Waals surface area contributed by atoms with E-state index in [-0.39, 0.29) is 21.9 Å². The standard InChI is InChI=1S/C21H29ClN4O4S/c22-18-7-6-17(16-19(18)31(29,30)26-10-4-5-11-26)20(27)23-12-14-25(15-13-23)21(28)24-8-2-1-3-9-24/h6-7,16H,1-5,8-15H2. The number of amides is 3. The van der Waals surface area contributed by atoms with Gasteiger partial charge in [0.15, 0.2) is 0 Å². The summed E-state index contributed by atoms with van der Waals surface area (Å²) in [4.78, 5) is 31.1. The maximum absolute atomic E-state index is 13.1. The molecule has 0 spiro atoms. The minimum absolute atomic E-state index is 0.0131. The number of carbonyl (C=O) groups is 2. The summed E-state index contributed by atoms with van der Waals surface area (Å²) in [6.45, 7) is 4.37. The van der Waals surface area contributed by atoms with E-state index >= 15 is 0 Å². The van der Waals surface area contributed by atoms with Crippen molar-refractivity contribution in [3.05, 3.63) is 28.8 Å². The lowest BCUT2D eigenvalue weighted by Crippen LogP contribution is -2.54. The molecule has 10 heteroatoms. The van der Waals surface area contributed by atoms with Crippen LogP contribution in [-0.2, 0) is 10.0 Å². The Morgan fingerprint density at radius 2 is 1.29 bits per heavy atom. The summed E-state index contributed by atoms with van der Waals surface area (Å²) in [5, 5.41) is 0.125. The van der Waals surface area contributed by atoms with Crippen molar-refractivity contribution < 1.29 is 18.0 Å². The maximum Gasteiger partial charge on any atom is 0.320 e. The predicted molar refractivity (Wildman–Crippen MR) is 118 cm³/mol. The molecule has 0 bridgehead atoms. The molecule has 8 nitrogen and oxygen atoms in total. The summed E-state index contributed by atoms with van der Waals surface area (Å²) in [5.74, 6) is -0.236. The van der Waals surface area contributed by atoms with Gasteiger partial charge in [0.05, 0.1) is 5.02 Å². The van der Waals surface area contributed by atoms with E-state index in [1.54, 1.807) is 15.9 Å². The number of rotatable bonds is 3. The van der Waals surface area contributed by atoms with Gasteiger partial charge < -0.3 is 14.7 Å². The van der Waals surface area contributed by atoms with Crippen LogP contribution in [0.15, 0.2) is 23.1 Å². The van der Waals surface area contributed by atoms with Crippen LogP contribution in [0.5, 0.6) is 0 Å². The molecule has 3 heterocycles. The number of halogens is 1. The Balaban J connectivity index is 1.43. The van der Waals surface area contributed by atoms with Crippen molar-refractivity contribution in [2.24, 2.45) is 0 Å². The molecular formula is C21H29ClN4O4S. The van der Waals surface area contributed by atoms with Gasteiger partial charge in [0.2, 0.25) is 10.0 Å². The topological polar surface area (TPSA) is 81.2 Å². The average Bonchev–Trinajstić information content (AvgIpc) is 3.35. The zero-order valence-corrected chi connectivity index (χ0v) is 19.2. The molecular weight excluding hydrogens is 440 g/mol. The van der Waals surface area contributed by atoms with Gasteiger partial charge in [0.25, 0.3) is 5.91 Å². The van der Waals surface area contributed by atoms with Gasteiger partial charge in [-0.1, -0.05) is 11.6 Å². The number of carbonyl (C=O) groups excluding carboxylic acids is 2. The number of urea groups is 1. The lowest BCUT2D eigenvalue weighted by Gasteiger charge is -2.38. The van der Waals surface area contributed by atoms with Crippen LogP contribution in [0.3, 0.4) is 0 Å². The van der Waals surface area contributed by atoms with Crippen molar-refractivity contribution in [2.75, 3.05) is 52.4 Å². The fourth-order valence-electron chi connectivity index (χ4n) is 4.47. The molecule has 0 unspecified atom stereocenters. The molecule has 3 aliphatic heterocycles. The number of benzene rings is 1. The first-order chi connectivity index (χ1) is 14.9. The van der Waals surface area contributed by atoms with E-state index in [9.17, 15) is 18.0 Å². The maximum atomic E-state index is 13.1. The van der Waals surface area contributed by atoms with E-state index in [2.05, 4.69) is 0 Å². The van der Waals surface area contributed by atoms with Crippen molar-refractivity contribution in [2.45, 2.75) is 37.0 Å². The van der Waals surface area contributed by atoms with Crippen LogP contribution in [0, 0.1) is 0 Å². The summed E-state index contributed by atoms with van der Waals surface area (Å²) in [6, 6.07) is 4.49. The molecule has 0 saturated carbocycles. The Bertz CT molecular complexity index is 935. The quantitative estimate of drug-likeness (QED) is 0.682. The molecule has 1 aromatic rings. The van der Waals surface area contributed by atoms with E-state index in [1.165, 1.54) is 22.9 Å². The SMILES string of the molecule is O=C(c1ccc(Cl)c(S(=O)(=O)N2CCCC2)c1)N1CCN(C(=O)N2CCCCC2)CC1. The van der Waals surface area contributed by atoms with Crippen LogP contribution in [0.1, 0.15) is 42.5 Å². The van der Waals surface area contributed by atoms with Crippen LogP contribution in [0.4, 0.5) is 4.79 Å². The molecule has 3 amide bonds. The summed E-state index contributed by atoms with van der Waals surface area (Å²) in [6.07, 6.45) is 4.92. The molecule has 1 aromatic carbocycles. The van der Waals surface area contributed by atoms with Gasteiger partial charge in [-0.05, 0) is 50.3 Å². The smallest absolute Gasteiger partial charge is 0.320 e. The first kappa shape index (κ1) is 22.4. The molecule has 3 aliphatic rings. The van der Waals surface area contributed by atoms with Crippen LogP contribution in [0.25, 0.3) is 0 Å². The lowest BCUT2D eigenvalue weighted by atomic mass is 10.1. The first-order valence-electron chi connectivity index (χ1n) is 11.0. The molecule has 0 aliphatic carbocycles. The summed E-state index contributed by atoms with van der Waals surface area (Å²) in [7, 11) is -3.72. The average molecular weight is 469 g/mol. The second-order valence-corrected chi connectivity index (χ2v) is 10.7. The van der Waals surface area contributed by atoms with Crippen molar-refractivity contribution in [3.63, 3.8) is 0 Å². The van der Waals surface area contributed by atoms with Gasteiger partial charge in [0, 0.05) is 57.9 Å². The van der Waals surface area contributed by atoms with E-state index < -0.39 is 10.0 Å². The number of nitrogens with zero attached hydrogens (tertiary/aromatic N) is 4. The minimum atomic E-state index is -3.72. The van der Waals surface area contributed by atoms with E-state index in [4.69, 9.17) is 11.6 Å². The Labute approximate surface area is 188 Å². The van der Waals surface area contributed by atoms with E-state index in [1.807, 2.05) is 4.90 Å². The Morgan fingerprint density at radius 1 is 0.742 bits per heavy atom. The number of sulfonamides is 1. The Kier molecular flexibility index (Phi) is 6.74. The highest BCUT2D eigenvalue weighted by Crippen LogP contribution is 2.28. The van der Waals surface area contributed by atoms with Gasteiger partial charge in [-0.3, -0.25) is 4.79 Å². The zero-order chi connectivity index (χ0) is 22.0. The summed E-state index contributed by atoms with van der Waals surface area (Å²) < 4.78 is 27.3. The summed E-state index contributed by atoms with van der Waals surface area (Å²) >= 11 is 6.20.